The first-order valence-corrected chi connectivity index (χ1v) is 10.5. The summed E-state index contributed by atoms with van der Waals surface area (Å²) in [4.78, 5) is 0. The Balaban J connectivity index is 2.78. The summed E-state index contributed by atoms with van der Waals surface area (Å²) < 4.78 is 6.33. The average molecular weight is 297 g/mol. The molecular formula is C17H32O2Si. The zero-order chi connectivity index (χ0) is 15.6. The van der Waals surface area contributed by atoms with E-state index in [0.29, 0.717) is 6.61 Å². The highest BCUT2D eigenvalue weighted by atomic mass is 28.4. The zero-order valence-corrected chi connectivity index (χ0v) is 15.2. The van der Waals surface area contributed by atoms with Gasteiger partial charge in [0.1, 0.15) is 0 Å². The van der Waals surface area contributed by atoms with Crippen LogP contribution in [0.2, 0.25) is 18.1 Å². The molecule has 0 aromatic heterocycles. The van der Waals surface area contributed by atoms with Crippen LogP contribution in [0.25, 0.3) is 0 Å². The van der Waals surface area contributed by atoms with Crippen molar-refractivity contribution in [1.82, 2.24) is 0 Å². The van der Waals surface area contributed by atoms with Gasteiger partial charge >= 0.3 is 0 Å². The minimum atomic E-state index is -1.72. The summed E-state index contributed by atoms with van der Waals surface area (Å²) in [6.07, 6.45) is 8.81. The standard InChI is InChI=1S/C17H32O2Si/c1-16(2,3)20(6,7)19-13-15-9-11-17(4,5)10-8-14(15)12-18/h8-11,14-15,18H,12-13H2,1-7H3/t14-,15+/m1/s1. The maximum atomic E-state index is 9.62. The van der Waals surface area contributed by atoms with Crippen molar-refractivity contribution < 1.29 is 9.53 Å². The molecule has 3 heteroatoms. The van der Waals surface area contributed by atoms with Gasteiger partial charge < -0.3 is 9.53 Å². The molecule has 0 amide bonds. The van der Waals surface area contributed by atoms with Crippen molar-refractivity contribution in [3.8, 4) is 0 Å². The quantitative estimate of drug-likeness (QED) is 0.616. The Morgan fingerprint density at radius 1 is 1.10 bits per heavy atom. The first-order chi connectivity index (χ1) is 8.98. The van der Waals surface area contributed by atoms with E-state index in [4.69, 9.17) is 4.43 Å². The first kappa shape index (κ1) is 17.7. The van der Waals surface area contributed by atoms with Crippen molar-refractivity contribution in [2.24, 2.45) is 17.3 Å². The number of aliphatic hydroxyl groups is 1. The Labute approximate surface area is 126 Å². The predicted molar refractivity (Wildman–Crippen MR) is 89.3 cm³/mol. The van der Waals surface area contributed by atoms with Gasteiger partial charge in [-0.25, -0.2) is 0 Å². The molecule has 20 heavy (non-hydrogen) atoms. The second-order valence-electron chi connectivity index (χ2n) is 8.12. The summed E-state index contributed by atoms with van der Waals surface area (Å²) in [6.45, 7) is 16.6. The molecule has 0 aromatic carbocycles. The third-order valence-electron chi connectivity index (χ3n) is 4.75. The van der Waals surface area contributed by atoms with E-state index in [1.54, 1.807) is 0 Å². The van der Waals surface area contributed by atoms with Crippen LogP contribution in [0.1, 0.15) is 34.6 Å². The normalized spacial score (nSPS) is 26.6. The van der Waals surface area contributed by atoms with Crippen molar-refractivity contribution in [3.05, 3.63) is 24.3 Å². The lowest BCUT2D eigenvalue weighted by molar-refractivity contribution is 0.173. The van der Waals surface area contributed by atoms with E-state index in [1.165, 1.54) is 0 Å². The third kappa shape index (κ3) is 4.57. The minimum absolute atomic E-state index is 0.0686. The molecule has 2 atom stereocenters. The maximum Gasteiger partial charge on any atom is 0.192 e. The van der Waals surface area contributed by atoms with Crippen LogP contribution in [0, 0.1) is 17.3 Å². The molecule has 0 unspecified atom stereocenters. The smallest absolute Gasteiger partial charge is 0.192 e. The Morgan fingerprint density at radius 3 is 2.05 bits per heavy atom. The number of aliphatic hydroxyl groups excluding tert-OH is 1. The largest absolute Gasteiger partial charge is 0.416 e. The molecule has 1 N–H and O–H groups in total. The molecule has 0 saturated carbocycles. The van der Waals surface area contributed by atoms with Gasteiger partial charge in [0.2, 0.25) is 0 Å². The third-order valence-corrected chi connectivity index (χ3v) is 9.25. The SMILES string of the molecule is CC1(C)C=C[C@H](CO)[C@H](CO[Si](C)(C)C(C)(C)C)C=C1. The van der Waals surface area contributed by atoms with Crippen LogP contribution in [0.3, 0.4) is 0 Å². The van der Waals surface area contributed by atoms with Crippen LogP contribution in [0.5, 0.6) is 0 Å². The van der Waals surface area contributed by atoms with Crippen LogP contribution in [-0.4, -0.2) is 26.6 Å². The van der Waals surface area contributed by atoms with E-state index in [9.17, 15) is 5.11 Å². The lowest BCUT2D eigenvalue weighted by Crippen LogP contribution is -2.42. The summed E-state index contributed by atoms with van der Waals surface area (Å²) in [6, 6.07) is 0. The highest BCUT2D eigenvalue weighted by Gasteiger charge is 2.38. The van der Waals surface area contributed by atoms with Crippen molar-refractivity contribution in [3.63, 3.8) is 0 Å². The molecule has 1 rings (SSSR count). The van der Waals surface area contributed by atoms with Crippen LogP contribution in [-0.2, 0) is 4.43 Å². The number of allylic oxidation sites excluding steroid dienone is 2. The van der Waals surface area contributed by atoms with Gasteiger partial charge in [-0.1, -0.05) is 58.9 Å². The fourth-order valence-electron chi connectivity index (χ4n) is 1.98. The Bertz CT molecular complexity index is 375. The molecule has 0 saturated heterocycles. The molecule has 0 bridgehead atoms. The van der Waals surface area contributed by atoms with Gasteiger partial charge in [-0.3, -0.25) is 0 Å². The van der Waals surface area contributed by atoms with E-state index in [-0.39, 0.29) is 28.9 Å². The molecule has 0 heterocycles. The molecule has 0 fully saturated rings. The summed E-state index contributed by atoms with van der Waals surface area (Å²) in [5.74, 6) is 0.435. The molecule has 0 aromatic rings. The molecule has 116 valence electrons. The second-order valence-corrected chi connectivity index (χ2v) is 12.9. The van der Waals surface area contributed by atoms with Gasteiger partial charge in [0.15, 0.2) is 8.32 Å². The van der Waals surface area contributed by atoms with Crippen molar-refractivity contribution in [2.45, 2.75) is 52.8 Å². The van der Waals surface area contributed by atoms with Crippen LogP contribution in [0.15, 0.2) is 24.3 Å². The van der Waals surface area contributed by atoms with E-state index in [0.717, 1.165) is 0 Å². The molecule has 0 spiro atoms. The van der Waals surface area contributed by atoms with Gasteiger partial charge in [0.25, 0.3) is 0 Å². The zero-order valence-electron chi connectivity index (χ0n) is 14.2. The van der Waals surface area contributed by atoms with Gasteiger partial charge in [-0.15, -0.1) is 0 Å². The number of rotatable bonds is 4. The van der Waals surface area contributed by atoms with E-state index >= 15 is 0 Å². The van der Waals surface area contributed by atoms with Crippen LogP contribution >= 0.6 is 0 Å². The van der Waals surface area contributed by atoms with Gasteiger partial charge in [-0.05, 0) is 18.1 Å². The van der Waals surface area contributed by atoms with E-state index in [1.807, 2.05) is 0 Å². The molecule has 2 nitrogen and oxygen atoms in total. The summed E-state index contributed by atoms with van der Waals surface area (Å²) in [5, 5.41) is 9.84. The monoisotopic (exact) mass is 296 g/mol. The first-order valence-electron chi connectivity index (χ1n) is 7.62. The van der Waals surface area contributed by atoms with E-state index < -0.39 is 8.32 Å². The van der Waals surface area contributed by atoms with Crippen molar-refractivity contribution in [2.75, 3.05) is 13.2 Å². The summed E-state index contributed by atoms with van der Waals surface area (Å²) in [7, 11) is -1.72. The number of hydrogen-bond donors (Lipinski definition) is 1. The van der Waals surface area contributed by atoms with Gasteiger partial charge in [0, 0.05) is 30.5 Å². The van der Waals surface area contributed by atoms with E-state index in [2.05, 4.69) is 72.0 Å². The number of hydrogen-bond acceptors (Lipinski definition) is 2. The van der Waals surface area contributed by atoms with Crippen LogP contribution < -0.4 is 0 Å². The van der Waals surface area contributed by atoms with Gasteiger partial charge in [0.05, 0.1) is 0 Å². The fourth-order valence-corrected chi connectivity index (χ4v) is 3.02. The maximum absolute atomic E-state index is 9.62. The second kappa shape index (κ2) is 6.16. The molecule has 1 aliphatic carbocycles. The lowest BCUT2D eigenvalue weighted by Gasteiger charge is -2.37. The Morgan fingerprint density at radius 2 is 1.60 bits per heavy atom. The Hall–Kier alpha value is -0.383. The topological polar surface area (TPSA) is 29.5 Å². The molecule has 0 radical (unpaired) electrons. The van der Waals surface area contributed by atoms with Crippen molar-refractivity contribution in [1.29, 1.82) is 0 Å². The highest BCUT2D eigenvalue weighted by Crippen LogP contribution is 2.37. The van der Waals surface area contributed by atoms with Gasteiger partial charge in [-0.2, -0.15) is 0 Å². The highest BCUT2D eigenvalue weighted by molar-refractivity contribution is 6.74. The average Bonchev–Trinajstić information content (AvgIpc) is 2.44. The van der Waals surface area contributed by atoms with Crippen LogP contribution in [0.4, 0.5) is 0 Å². The lowest BCUT2D eigenvalue weighted by atomic mass is 9.93. The molecular weight excluding hydrogens is 264 g/mol. The summed E-state index contributed by atoms with van der Waals surface area (Å²) >= 11 is 0. The fraction of sp³-hybridized carbons (Fsp3) is 0.765. The predicted octanol–water partition coefficient (Wildman–Crippen LogP) is 4.39. The summed E-state index contributed by atoms with van der Waals surface area (Å²) in [5.41, 5.74) is 0.0686. The Kier molecular flexibility index (Phi) is 5.44. The minimum Gasteiger partial charge on any atom is -0.416 e. The molecule has 1 aliphatic rings. The molecule has 0 aliphatic heterocycles. The van der Waals surface area contributed by atoms with Crippen molar-refractivity contribution >= 4 is 8.32 Å².